The van der Waals surface area contributed by atoms with Gasteiger partial charge in [0.2, 0.25) is 0 Å². The van der Waals surface area contributed by atoms with Gasteiger partial charge in [-0.2, -0.15) is 0 Å². The summed E-state index contributed by atoms with van der Waals surface area (Å²) in [4.78, 5) is 23.9. The second kappa shape index (κ2) is 6.90. The van der Waals surface area contributed by atoms with Crippen LogP contribution in [0.3, 0.4) is 0 Å². The number of carbonyl (C=O) groups excluding carboxylic acids is 1. The van der Waals surface area contributed by atoms with Gasteiger partial charge in [-0.15, -0.1) is 0 Å². The highest BCUT2D eigenvalue weighted by Gasteiger charge is 2.21. The van der Waals surface area contributed by atoms with E-state index in [0.29, 0.717) is 26.7 Å². The summed E-state index contributed by atoms with van der Waals surface area (Å²) in [7, 11) is -3.29. The van der Waals surface area contributed by atoms with Crippen molar-refractivity contribution in [3.63, 3.8) is 0 Å². The number of hydrogen-bond donors (Lipinski definition) is 1. The van der Waals surface area contributed by atoms with Crippen molar-refractivity contribution in [3.8, 4) is 0 Å². The van der Waals surface area contributed by atoms with Gasteiger partial charge >= 0.3 is 0 Å². The Morgan fingerprint density at radius 2 is 2.00 bits per heavy atom. The van der Waals surface area contributed by atoms with Crippen molar-refractivity contribution in [2.45, 2.75) is 17.7 Å². The molecule has 1 fully saturated rings. The summed E-state index contributed by atoms with van der Waals surface area (Å²) in [6.45, 7) is 1.79. The number of anilines is 2. The fourth-order valence-corrected chi connectivity index (χ4v) is 4.73. The molecule has 4 rings (SSSR count). The highest BCUT2D eigenvalue weighted by atomic mass is 32.2. The molecular formula is C18H18N4O3S2. The second-order valence-electron chi connectivity index (χ2n) is 6.44. The maximum Gasteiger partial charge on any atom is 0.261 e. The van der Waals surface area contributed by atoms with Gasteiger partial charge in [-0.3, -0.25) is 10.1 Å². The van der Waals surface area contributed by atoms with E-state index in [1.165, 1.54) is 23.7 Å². The molecule has 2 aromatic heterocycles. The SMILES string of the molecule is CS(=O)(=O)c1ccc2nc(NC(=O)c3cccnc3N3CCCC3)sc2c1. The summed E-state index contributed by atoms with van der Waals surface area (Å²) in [5.74, 6) is 0.417. The molecular weight excluding hydrogens is 384 g/mol. The first-order chi connectivity index (χ1) is 12.9. The number of amides is 1. The van der Waals surface area contributed by atoms with Crippen molar-refractivity contribution in [2.75, 3.05) is 29.6 Å². The predicted molar refractivity (Wildman–Crippen MR) is 106 cm³/mol. The molecule has 140 valence electrons. The van der Waals surface area contributed by atoms with E-state index < -0.39 is 9.84 Å². The summed E-state index contributed by atoms with van der Waals surface area (Å²) in [5, 5.41) is 3.25. The first kappa shape index (κ1) is 17.9. The van der Waals surface area contributed by atoms with E-state index in [-0.39, 0.29) is 10.8 Å². The Balaban J connectivity index is 1.62. The Kier molecular flexibility index (Phi) is 4.56. The Hall–Kier alpha value is -2.52. The number of hydrogen-bond acceptors (Lipinski definition) is 7. The maximum absolute atomic E-state index is 12.8. The quantitative estimate of drug-likeness (QED) is 0.721. The van der Waals surface area contributed by atoms with Crippen molar-refractivity contribution < 1.29 is 13.2 Å². The molecule has 1 aliphatic rings. The van der Waals surface area contributed by atoms with Crippen LogP contribution in [-0.4, -0.2) is 43.6 Å². The second-order valence-corrected chi connectivity index (χ2v) is 9.49. The minimum atomic E-state index is -3.29. The standard InChI is InChI=1S/C18H18N4O3S2/c1-27(24,25)12-6-7-14-15(11-12)26-18(20-14)21-17(23)13-5-4-8-19-16(13)22-9-2-3-10-22/h4-8,11H,2-3,9-10H2,1H3,(H,20,21,23). The van der Waals surface area contributed by atoms with Gasteiger partial charge in [-0.1, -0.05) is 11.3 Å². The molecule has 9 heteroatoms. The van der Waals surface area contributed by atoms with Crippen LogP contribution in [-0.2, 0) is 9.84 Å². The van der Waals surface area contributed by atoms with E-state index in [0.717, 1.165) is 25.9 Å². The Labute approximate surface area is 161 Å². The van der Waals surface area contributed by atoms with Crippen molar-refractivity contribution >= 4 is 48.2 Å². The predicted octanol–water partition coefficient (Wildman–Crippen LogP) is 2.95. The fraction of sp³-hybridized carbons (Fsp3) is 0.278. The third kappa shape index (κ3) is 3.65. The fourth-order valence-electron chi connectivity index (χ4n) is 3.11. The summed E-state index contributed by atoms with van der Waals surface area (Å²) in [6.07, 6.45) is 5.05. The summed E-state index contributed by atoms with van der Waals surface area (Å²) < 4.78 is 24.1. The lowest BCUT2D eigenvalue weighted by atomic mass is 10.2. The zero-order valence-corrected chi connectivity index (χ0v) is 16.3. The molecule has 0 bridgehead atoms. The van der Waals surface area contributed by atoms with Gasteiger partial charge < -0.3 is 4.90 Å². The third-order valence-corrected chi connectivity index (χ3v) is 6.49. The monoisotopic (exact) mass is 402 g/mol. The molecule has 3 aromatic rings. The molecule has 0 saturated carbocycles. The average molecular weight is 403 g/mol. The van der Waals surface area contributed by atoms with E-state index >= 15 is 0 Å². The van der Waals surface area contributed by atoms with Crippen molar-refractivity contribution in [1.29, 1.82) is 0 Å². The molecule has 3 heterocycles. The Bertz CT molecular complexity index is 1120. The number of rotatable bonds is 4. The van der Waals surface area contributed by atoms with Gasteiger partial charge in [0, 0.05) is 25.5 Å². The molecule has 0 radical (unpaired) electrons. The topological polar surface area (TPSA) is 92.3 Å². The van der Waals surface area contributed by atoms with Crippen molar-refractivity contribution in [2.24, 2.45) is 0 Å². The highest BCUT2D eigenvalue weighted by molar-refractivity contribution is 7.90. The number of benzene rings is 1. The van der Waals surface area contributed by atoms with Crippen LogP contribution in [0.4, 0.5) is 10.9 Å². The summed E-state index contributed by atoms with van der Waals surface area (Å²) in [5.41, 5.74) is 1.16. The minimum absolute atomic E-state index is 0.236. The molecule has 1 aromatic carbocycles. The van der Waals surface area contributed by atoms with Gasteiger partial charge in [0.1, 0.15) is 5.82 Å². The number of fused-ring (bicyclic) bond motifs is 1. The van der Waals surface area contributed by atoms with Crippen LogP contribution in [0.15, 0.2) is 41.4 Å². The molecule has 7 nitrogen and oxygen atoms in total. The largest absolute Gasteiger partial charge is 0.356 e. The van der Waals surface area contributed by atoms with Crippen LogP contribution in [0.5, 0.6) is 0 Å². The molecule has 1 aliphatic heterocycles. The molecule has 0 atom stereocenters. The van der Waals surface area contributed by atoms with E-state index in [9.17, 15) is 13.2 Å². The molecule has 1 saturated heterocycles. The molecule has 0 spiro atoms. The lowest BCUT2D eigenvalue weighted by molar-refractivity contribution is 0.102. The molecule has 0 aliphatic carbocycles. The summed E-state index contributed by atoms with van der Waals surface area (Å²) in [6, 6.07) is 8.25. The van der Waals surface area contributed by atoms with E-state index in [1.54, 1.807) is 30.5 Å². The van der Waals surface area contributed by atoms with Crippen LogP contribution in [0.2, 0.25) is 0 Å². The number of sulfone groups is 1. The average Bonchev–Trinajstić information content (AvgIpc) is 3.29. The van der Waals surface area contributed by atoms with Crippen molar-refractivity contribution in [3.05, 3.63) is 42.1 Å². The molecule has 27 heavy (non-hydrogen) atoms. The molecule has 1 N–H and O–H groups in total. The first-order valence-corrected chi connectivity index (χ1v) is 11.2. The van der Waals surface area contributed by atoms with Crippen molar-refractivity contribution in [1.82, 2.24) is 9.97 Å². The lowest BCUT2D eigenvalue weighted by Crippen LogP contribution is -2.24. The normalized spacial score (nSPS) is 14.6. The number of nitrogens with zero attached hydrogens (tertiary/aromatic N) is 3. The first-order valence-electron chi connectivity index (χ1n) is 8.54. The van der Waals surface area contributed by atoms with Crippen LogP contribution >= 0.6 is 11.3 Å². The number of nitrogens with one attached hydrogen (secondary N) is 1. The maximum atomic E-state index is 12.8. The van der Waals surface area contributed by atoms with Crippen LogP contribution in [0.1, 0.15) is 23.2 Å². The van der Waals surface area contributed by atoms with Crippen LogP contribution < -0.4 is 10.2 Å². The van der Waals surface area contributed by atoms with Crippen LogP contribution in [0.25, 0.3) is 10.2 Å². The zero-order valence-electron chi connectivity index (χ0n) is 14.7. The lowest BCUT2D eigenvalue weighted by Gasteiger charge is -2.18. The van der Waals surface area contributed by atoms with E-state index in [2.05, 4.69) is 20.2 Å². The number of carbonyl (C=O) groups is 1. The zero-order chi connectivity index (χ0) is 19.0. The van der Waals surface area contributed by atoms with Gasteiger partial charge in [0.15, 0.2) is 15.0 Å². The van der Waals surface area contributed by atoms with E-state index in [4.69, 9.17) is 0 Å². The number of aromatic nitrogens is 2. The Morgan fingerprint density at radius 3 is 2.74 bits per heavy atom. The highest BCUT2D eigenvalue weighted by Crippen LogP contribution is 2.29. The third-order valence-electron chi connectivity index (χ3n) is 4.45. The number of thiazole rings is 1. The molecule has 1 amide bonds. The van der Waals surface area contributed by atoms with Gasteiger partial charge in [-0.25, -0.2) is 18.4 Å². The number of pyridine rings is 1. The minimum Gasteiger partial charge on any atom is -0.356 e. The Morgan fingerprint density at radius 1 is 1.22 bits per heavy atom. The van der Waals surface area contributed by atoms with E-state index in [1.807, 2.05) is 0 Å². The van der Waals surface area contributed by atoms with Gasteiger partial charge in [0.05, 0.1) is 20.7 Å². The van der Waals surface area contributed by atoms with Gasteiger partial charge in [0.25, 0.3) is 5.91 Å². The summed E-state index contributed by atoms with van der Waals surface area (Å²) >= 11 is 1.25. The van der Waals surface area contributed by atoms with Crippen LogP contribution in [0, 0.1) is 0 Å². The molecule has 0 unspecified atom stereocenters. The smallest absolute Gasteiger partial charge is 0.261 e. The van der Waals surface area contributed by atoms with Gasteiger partial charge in [-0.05, 0) is 43.2 Å².